The number of halogens is 4. The minimum atomic E-state index is -4.55. The highest BCUT2D eigenvalue weighted by atomic mass is 19.4. The number of ether oxygens (including phenoxy) is 1. The van der Waals surface area contributed by atoms with E-state index in [9.17, 15) is 17.6 Å². The van der Waals surface area contributed by atoms with Crippen LogP contribution in [0.2, 0.25) is 0 Å². The second kappa shape index (κ2) is 4.64. The Morgan fingerprint density at radius 2 is 1.94 bits per heavy atom. The Morgan fingerprint density at radius 3 is 2.56 bits per heavy atom. The highest BCUT2D eigenvalue weighted by molar-refractivity contribution is 5.34. The van der Waals surface area contributed by atoms with Crippen LogP contribution in [0, 0.1) is 11.9 Å². The number of aromatic nitrogens is 1. The summed E-state index contributed by atoms with van der Waals surface area (Å²) >= 11 is 0. The third-order valence-electron chi connectivity index (χ3n) is 2.06. The molecule has 0 saturated heterocycles. The summed E-state index contributed by atoms with van der Waals surface area (Å²) in [6, 6.07) is 7.36. The van der Waals surface area contributed by atoms with E-state index in [1.165, 1.54) is 18.3 Å². The van der Waals surface area contributed by atoms with Crippen LogP contribution in [-0.2, 0) is 6.18 Å². The average Bonchev–Trinajstić information content (AvgIpc) is 2.32. The van der Waals surface area contributed by atoms with Gasteiger partial charge < -0.3 is 4.74 Å². The van der Waals surface area contributed by atoms with E-state index in [1.54, 1.807) is 0 Å². The first-order valence-electron chi connectivity index (χ1n) is 4.83. The Labute approximate surface area is 99.8 Å². The van der Waals surface area contributed by atoms with Crippen molar-refractivity contribution in [2.24, 2.45) is 0 Å². The van der Waals surface area contributed by atoms with Gasteiger partial charge in [-0.1, -0.05) is 0 Å². The summed E-state index contributed by atoms with van der Waals surface area (Å²) in [7, 11) is 0. The van der Waals surface area contributed by atoms with Crippen LogP contribution in [-0.4, -0.2) is 4.98 Å². The van der Waals surface area contributed by atoms with Crippen LogP contribution < -0.4 is 4.74 Å². The Kier molecular flexibility index (Phi) is 3.18. The van der Waals surface area contributed by atoms with Gasteiger partial charge in [-0.3, -0.25) is 0 Å². The predicted octanol–water partition coefficient (Wildman–Crippen LogP) is 3.83. The fraction of sp³-hybridized carbons (Fsp3) is 0.0833. The Bertz CT molecular complexity index is 540. The van der Waals surface area contributed by atoms with Crippen molar-refractivity contribution >= 4 is 0 Å². The molecule has 0 saturated carbocycles. The third-order valence-corrected chi connectivity index (χ3v) is 2.06. The lowest BCUT2D eigenvalue weighted by Gasteiger charge is -2.10. The largest absolute Gasteiger partial charge is 0.436 e. The maximum atomic E-state index is 13.3. The lowest BCUT2D eigenvalue weighted by Crippen LogP contribution is -2.05. The van der Waals surface area contributed by atoms with Crippen molar-refractivity contribution in [2.75, 3.05) is 0 Å². The van der Waals surface area contributed by atoms with E-state index >= 15 is 0 Å². The molecule has 6 heteroatoms. The van der Waals surface area contributed by atoms with Gasteiger partial charge in [-0.25, -0.2) is 9.37 Å². The van der Waals surface area contributed by atoms with Gasteiger partial charge in [-0.15, -0.1) is 0 Å². The van der Waals surface area contributed by atoms with Gasteiger partial charge in [-0.05, 0) is 24.3 Å². The number of hydrogen-bond acceptors (Lipinski definition) is 2. The normalized spacial score (nSPS) is 11.3. The molecule has 0 unspecified atom stereocenters. The zero-order chi connectivity index (χ0) is 13.2. The first-order chi connectivity index (χ1) is 8.47. The number of alkyl halides is 3. The molecule has 93 valence electrons. The predicted molar refractivity (Wildman–Crippen MR) is 54.5 cm³/mol. The summed E-state index contributed by atoms with van der Waals surface area (Å²) in [5.41, 5.74) is -0.985. The van der Waals surface area contributed by atoms with E-state index in [-0.39, 0.29) is 5.88 Å². The minimum Gasteiger partial charge on any atom is -0.436 e. The molecule has 0 fully saturated rings. The minimum absolute atomic E-state index is 0.00743. The molecular weight excluding hydrogens is 250 g/mol. The molecule has 1 heterocycles. The summed E-state index contributed by atoms with van der Waals surface area (Å²) < 4.78 is 55.6. The molecular formula is C12H6F4NO. The van der Waals surface area contributed by atoms with Crippen molar-refractivity contribution in [2.45, 2.75) is 6.18 Å². The van der Waals surface area contributed by atoms with Crippen LogP contribution >= 0.6 is 0 Å². The van der Waals surface area contributed by atoms with Crippen LogP contribution in [0.1, 0.15) is 5.56 Å². The van der Waals surface area contributed by atoms with Crippen molar-refractivity contribution < 1.29 is 22.3 Å². The molecule has 0 aliphatic carbocycles. The van der Waals surface area contributed by atoms with Gasteiger partial charge in [0.1, 0.15) is 0 Å². The molecule has 1 aromatic carbocycles. The van der Waals surface area contributed by atoms with Crippen LogP contribution in [0.3, 0.4) is 0 Å². The van der Waals surface area contributed by atoms with Crippen molar-refractivity contribution in [1.82, 2.24) is 4.98 Å². The monoisotopic (exact) mass is 256 g/mol. The molecule has 0 spiro atoms. The maximum absolute atomic E-state index is 13.3. The molecule has 0 aliphatic heterocycles. The Hall–Kier alpha value is -2.11. The number of pyridine rings is 1. The van der Waals surface area contributed by atoms with Crippen LogP contribution in [0.15, 0.2) is 36.5 Å². The molecule has 2 nitrogen and oxygen atoms in total. The van der Waals surface area contributed by atoms with E-state index < -0.39 is 23.3 Å². The molecule has 0 aliphatic rings. The fourth-order valence-corrected chi connectivity index (χ4v) is 1.24. The van der Waals surface area contributed by atoms with E-state index in [0.717, 1.165) is 0 Å². The van der Waals surface area contributed by atoms with E-state index in [1.807, 2.05) is 0 Å². The smallest absolute Gasteiger partial charge is 0.416 e. The molecule has 0 atom stereocenters. The summed E-state index contributed by atoms with van der Waals surface area (Å²) in [5, 5.41) is 0. The van der Waals surface area contributed by atoms with Gasteiger partial charge in [0.2, 0.25) is 5.88 Å². The first kappa shape index (κ1) is 12.3. The summed E-state index contributed by atoms with van der Waals surface area (Å²) in [6.45, 7) is 0. The van der Waals surface area contributed by atoms with Crippen molar-refractivity contribution in [3.8, 4) is 11.6 Å². The SMILES string of the molecule is Fc1ccc(C(F)(F)F)cc1Oc1cc[c]cn1. The highest BCUT2D eigenvalue weighted by Crippen LogP contribution is 2.33. The molecule has 1 radical (unpaired) electrons. The van der Waals surface area contributed by atoms with Gasteiger partial charge in [-0.2, -0.15) is 13.2 Å². The third kappa shape index (κ3) is 2.77. The van der Waals surface area contributed by atoms with Gasteiger partial charge in [0.15, 0.2) is 11.6 Å². The number of hydrogen-bond donors (Lipinski definition) is 0. The second-order valence-corrected chi connectivity index (χ2v) is 3.34. The second-order valence-electron chi connectivity index (χ2n) is 3.34. The Balaban J connectivity index is 2.33. The molecule has 0 bridgehead atoms. The molecule has 0 amide bonds. The van der Waals surface area contributed by atoms with Crippen molar-refractivity contribution in [3.63, 3.8) is 0 Å². The number of rotatable bonds is 2. The fourth-order valence-electron chi connectivity index (χ4n) is 1.24. The van der Waals surface area contributed by atoms with Gasteiger partial charge >= 0.3 is 6.18 Å². The van der Waals surface area contributed by atoms with Crippen molar-refractivity contribution in [3.05, 3.63) is 54.0 Å². The van der Waals surface area contributed by atoms with Gasteiger partial charge in [0.05, 0.1) is 5.56 Å². The van der Waals surface area contributed by atoms with Crippen molar-refractivity contribution in [1.29, 1.82) is 0 Å². The van der Waals surface area contributed by atoms with E-state index in [4.69, 9.17) is 4.74 Å². The first-order valence-corrected chi connectivity index (χ1v) is 4.83. The summed E-state index contributed by atoms with van der Waals surface area (Å²) in [4.78, 5) is 3.68. The zero-order valence-electron chi connectivity index (χ0n) is 8.83. The standard InChI is InChI=1S/C12H6F4NO/c13-9-5-4-8(12(14,15)16)7-10(9)18-11-3-1-2-6-17-11/h1,3-7H. The number of benzene rings is 1. The molecule has 2 aromatic rings. The van der Waals surface area contributed by atoms with Crippen LogP contribution in [0.5, 0.6) is 11.6 Å². The van der Waals surface area contributed by atoms with Gasteiger partial charge in [0.25, 0.3) is 0 Å². The quantitative estimate of drug-likeness (QED) is 0.762. The summed E-state index contributed by atoms with van der Waals surface area (Å²) in [5.74, 6) is -1.42. The molecule has 18 heavy (non-hydrogen) atoms. The number of nitrogens with zero attached hydrogens (tertiary/aromatic N) is 1. The van der Waals surface area contributed by atoms with E-state index in [0.29, 0.717) is 18.2 Å². The maximum Gasteiger partial charge on any atom is 0.416 e. The molecule has 1 aromatic heterocycles. The lowest BCUT2D eigenvalue weighted by molar-refractivity contribution is -0.137. The van der Waals surface area contributed by atoms with E-state index in [2.05, 4.69) is 11.1 Å². The van der Waals surface area contributed by atoms with Crippen LogP contribution in [0.4, 0.5) is 17.6 Å². The summed E-state index contributed by atoms with van der Waals surface area (Å²) in [6.07, 6.45) is -3.29. The zero-order valence-corrected chi connectivity index (χ0v) is 8.83. The lowest BCUT2D eigenvalue weighted by atomic mass is 10.2. The molecule has 2 rings (SSSR count). The van der Waals surface area contributed by atoms with Crippen LogP contribution in [0.25, 0.3) is 0 Å². The average molecular weight is 256 g/mol. The Morgan fingerprint density at radius 1 is 1.17 bits per heavy atom. The molecule has 0 N–H and O–H groups in total. The highest BCUT2D eigenvalue weighted by Gasteiger charge is 2.31. The van der Waals surface area contributed by atoms with Gasteiger partial charge in [0, 0.05) is 18.3 Å². The topological polar surface area (TPSA) is 22.1 Å².